The standard InChI is InChI=1S/C12H28N2O2/c1-12(16)6-7-13(2,3)8-9-14(4,5)10-11-15/h15H,6-11H2,1-5H3/q+2. The van der Waals surface area contributed by atoms with Crippen molar-refractivity contribution in [1.29, 1.82) is 0 Å². The van der Waals surface area contributed by atoms with Crippen LogP contribution in [0.2, 0.25) is 0 Å². The summed E-state index contributed by atoms with van der Waals surface area (Å²) >= 11 is 0. The van der Waals surface area contributed by atoms with Crippen molar-refractivity contribution in [3.05, 3.63) is 0 Å². The first-order valence-corrected chi connectivity index (χ1v) is 5.93. The Morgan fingerprint density at radius 3 is 1.75 bits per heavy atom. The molecule has 0 unspecified atom stereocenters. The summed E-state index contributed by atoms with van der Waals surface area (Å²) in [6, 6.07) is 0. The van der Waals surface area contributed by atoms with E-state index in [-0.39, 0.29) is 12.4 Å². The molecule has 0 saturated carbocycles. The number of hydrogen-bond acceptors (Lipinski definition) is 2. The number of Topliss-reactive ketones (excluding diaryl/α,β-unsaturated/α-hetero) is 1. The van der Waals surface area contributed by atoms with E-state index < -0.39 is 0 Å². The minimum absolute atomic E-state index is 0.230. The van der Waals surface area contributed by atoms with E-state index >= 15 is 0 Å². The quantitative estimate of drug-likeness (QED) is 0.603. The zero-order valence-electron chi connectivity index (χ0n) is 11.5. The number of ketones is 1. The molecule has 0 aliphatic carbocycles. The topological polar surface area (TPSA) is 37.3 Å². The Morgan fingerprint density at radius 2 is 1.38 bits per heavy atom. The van der Waals surface area contributed by atoms with Crippen LogP contribution in [-0.4, -0.2) is 80.8 Å². The van der Waals surface area contributed by atoms with Gasteiger partial charge >= 0.3 is 0 Å². The van der Waals surface area contributed by atoms with Gasteiger partial charge in [-0.1, -0.05) is 0 Å². The molecule has 4 nitrogen and oxygen atoms in total. The second-order valence-electron chi connectivity index (χ2n) is 5.94. The molecule has 0 aliphatic rings. The van der Waals surface area contributed by atoms with E-state index in [9.17, 15) is 4.79 Å². The normalized spacial score (nSPS) is 12.9. The Hall–Kier alpha value is -0.450. The van der Waals surface area contributed by atoms with E-state index in [4.69, 9.17) is 5.11 Å². The predicted octanol–water partition coefficient (Wildman–Crippen LogP) is 0.111. The summed E-state index contributed by atoms with van der Waals surface area (Å²) in [5, 5.41) is 8.94. The van der Waals surface area contributed by atoms with Gasteiger partial charge in [0.15, 0.2) is 0 Å². The lowest BCUT2D eigenvalue weighted by atomic mass is 10.2. The number of likely N-dealkylation sites (N-methyl/N-ethyl adjacent to an activating group) is 2. The SMILES string of the molecule is CC(=O)CC[N+](C)(C)CC[N+](C)(C)CCO. The fourth-order valence-corrected chi connectivity index (χ4v) is 1.50. The number of nitrogens with zero attached hydrogens (tertiary/aromatic N) is 2. The Labute approximate surface area is 99.6 Å². The summed E-state index contributed by atoms with van der Waals surface area (Å²) in [5.41, 5.74) is 0. The molecule has 0 aliphatic heterocycles. The van der Waals surface area contributed by atoms with Gasteiger partial charge in [0.25, 0.3) is 0 Å². The van der Waals surface area contributed by atoms with E-state index in [0.29, 0.717) is 6.42 Å². The van der Waals surface area contributed by atoms with Gasteiger partial charge in [-0.3, -0.25) is 4.79 Å². The van der Waals surface area contributed by atoms with Crippen LogP contribution in [0.4, 0.5) is 0 Å². The molecule has 0 spiro atoms. The molecular weight excluding hydrogens is 204 g/mol. The fraction of sp³-hybridized carbons (Fsp3) is 0.917. The first kappa shape index (κ1) is 15.6. The number of carbonyl (C=O) groups excluding carboxylic acids is 1. The molecule has 4 heteroatoms. The number of aliphatic hydroxyl groups excluding tert-OH is 1. The maximum Gasteiger partial charge on any atom is 0.135 e. The Morgan fingerprint density at radius 1 is 0.938 bits per heavy atom. The Kier molecular flexibility index (Phi) is 6.15. The molecule has 0 saturated heterocycles. The van der Waals surface area contributed by atoms with Crippen molar-refractivity contribution in [3.63, 3.8) is 0 Å². The summed E-state index contributed by atoms with van der Waals surface area (Å²) in [6.07, 6.45) is 0.653. The predicted molar refractivity (Wildman–Crippen MR) is 66.1 cm³/mol. The molecule has 0 amide bonds. The lowest BCUT2D eigenvalue weighted by Gasteiger charge is -2.35. The van der Waals surface area contributed by atoms with E-state index in [0.717, 1.165) is 35.1 Å². The van der Waals surface area contributed by atoms with E-state index in [1.165, 1.54) is 0 Å². The van der Waals surface area contributed by atoms with Gasteiger partial charge in [-0.25, -0.2) is 0 Å². The highest BCUT2D eigenvalue weighted by molar-refractivity contribution is 5.75. The maximum atomic E-state index is 10.9. The van der Waals surface area contributed by atoms with Crippen molar-refractivity contribution in [2.75, 3.05) is 61.0 Å². The number of rotatable bonds is 8. The van der Waals surface area contributed by atoms with Gasteiger partial charge in [0.2, 0.25) is 0 Å². The van der Waals surface area contributed by atoms with Crippen molar-refractivity contribution in [1.82, 2.24) is 0 Å². The largest absolute Gasteiger partial charge is 0.391 e. The van der Waals surface area contributed by atoms with Crippen LogP contribution >= 0.6 is 0 Å². The van der Waals surface area contributed by atoms with Crippen LogP contribution in [0.3, 0.4) is 0 Å². The molecule has 0 aromatic carbocycles. The third kappa shape index (κ3) is 7.79. The molecule has 1 N–H and O–H groups in total. The maximum absolute atomic E-state index is 10.9. The van der Waals surface area contributed by atoms with Crippen molar-refractivity contribution in [3.8, 4) is 0 Å². The molecule has 0 radical (unpaired) electrons. The van der Waals surface area contributed by atoms with Crippen LogP contribution in [0.25, 0.3) is 0 Å². The average Bonchev–Trinajstić information content (AvgIpc) is 2.13. The number of carbonyl (C=O) groups is 1. The lowest BCUT2D eigenvalue weighted by molar-refractivity contribution is -0.945. The molecule has 0 rings (SSSR count). The zero-order valence-corrected chi connectivity index (χ0v) is 11.5. The Bertz CT molecular complexity index is 225. The number of aliphatic hydroxyl groups is 1. The fourth-order valence-electron chi connectivity index (χ4n) is 1.50. The summed E-state index contributed by atoms with van der Waals surface area (Å²) in [6.45, 7) is 5.60. The minimum Gasteiger partial charge on any atom is -0.391 e. The summed E-state index contributed by atoms with van der Waals surface area (Å²) < 4.78 is 1.70. The molecule has 0 aromatic heterocycles. The first-order chi connectivity index (χ1) is 7.18. The molecule has 96 valence electrons. The van der Waals surface area contributed by atoms with Crippen molar-refractivity contribution in [2.24, 2.45) is 0 Å². The molecule has 16 heavy (non-hydrogen) atoms. The van der Waals surface area contributed by atoms with E-state index in [1.54, 1.807) is 6.92 Å². The summed E-state index contributed by atoms with van der Waals surface area (Å²) in [7, 11) is 8.56. The van der Waals surface area contributed by atoms with Crippen molar-refractivity contribution in [2.45, 2.75) is 13.3 Å². The molecule has 0 heterocycles. The lowest BCUT2D eigenvalue weighted by Crippen LogP contribution is -2.52. The third-order valence-corrected chi connectivity index (χ3v) is 3.09. The minimum atomic E-state index is 0.230. The summed E-state index contributed by atoms with van der Waals surface area (Å²) in [4.78, 5) is 10.9. The second kappa shape index (κ2) is 6.33. The first-order valence-electron chi connectivity index (χ1n) is 5.93. The van der Waals surface area contributed by atoms with Gasteiger partial charge in [0.05, 0.1) is 47.8 Å². The van der Waals surface area contributed by atoms with E-state index in [2.05, 4.69) is 28.2 Å². The van der Waals surface area contributed by atoms with Crippen LogP contribution in [0.1, 0.15) is 13.3 Å². The summed E-state index contributed by atoms with van der Waals surface area (Å²) in [5.74, 6) is 0.260. The number of hydrogen-bond donors (Lipinski definition) is 1. The molecule has 0 aromatic rings. The second-order valence-corrected chi connectivity index (χ2v) is 5.94. The van der Waals surface area contributed by atoms with Crippen molar-refractivity contribution >= 4 is 5.78 Å². The van der Waals surface area contributed by atoms with Crippen LogP contribution in [0, 0.1) is 0 Å². The molecule has 0 atom stereocenters. The molecular formula is C12H28N2O2+2. The van der Waals surface area contributed by atoms with Gasteiger partial charge in [-0.15, -0.1) is 0 Å². The smallest absolute Gasteiger partial charge is 0.135 e. The Balaban J connectivity index is 4.01. The van der Waals surface area contributed by atoms with Crippen molar-refractivity contribution < 1.29 is 18.9 Å². The van der Waals surface area contributed by atoms with Crippen LogP contribution < -0.4 is 0 Å². The monoisotopic (exact) mass is 232 g/mol. The zero-order chi connectivity index (χ0) is 12.8. The highest BCUT2D eigenvalue weighted by atomic mass is 16.3. The highest BCUT2D eigenvalue weighted by Gasteiger charge is 2.22. The molecule has 0 fully saturated rings. The van der Waals surface area contributed by atoms with Crippen LogP contribution in [-0.2, 0) is 4.79 Å². The third-order valence-electron chi connectivity index (χ3n) is 3.09. The molecule has 0 bridgehead atoms. The van der Waals surface area contributed by atoms with Crippen LogP contribution in [0.5, 0.6) is 0 Å². The van der Waals surface area contributed by atoms with Gasteiger partial charge in [-0.2, -0.15) is 0 Å². The average molecular weight is 232 g/mol. The van der Waals surface area contributed by atoms with Gasteiger partial charge in [0.1, 0.15) is 25.4 Å². The van der Waals surface area contributed by atoms with E-state index in [1.807, 2.05) is 0 Å². The van der Waals surface area contributed by atoms with Gasteiger partial charge in [0, 0.05) is 0 Å². The number of quaternary nitrogens is 2. The van der Waals surface area contributed by atoms with Crippen LogP contribution in [0.15, 0.2) is 0 Å². The van der Waals surface area contributed by atoms with Gasteiger partial charge in [-0.05, 0) is 6.92 Å². The van der Waals surface area contributed by atoms with Gasteiger partial charge < -0.3 is 14.1 Å². The highest BCUT2D eigenvalue weighted by Crippen LogP contribution is 2.04.